The van der Waals surface area contributed by atoms with Gasteiger partial charge in [-0.15, -0.1) is 0 Å². The van der Waals surface area contributed by atoms with Crippen molar-refractivity contribution in [1.29, 1.82) is 0 Å². The third-order valence-electron chi connectivity index (χ3n) is 2.88. The molecule has 0 aromatic heterocycles. The van der Waals surface area contributed by atoms with Crippen molar-refractivity contribution >= 4 is 15.5 Å². The lowest BCUT2D eigenvalue weighted by Gasteiger charge is -2.07. The van der Waals surface area contributed by atoms with Crippen LogP contribution in [0.25, 0.3) is 0 Å². The standard InChI is InChI=1S/C15H16FNO3S/c16-12-2-8-15(9-3-12)21(18,19)11-1-10-20-14-6-4-13(17)5-7-14/h2-9H,1,10-11,17H2. The maximum absolute atomic E-state index is 12.8. The summed E-state index contributed by atoms with van der Waals surface area (Å²) in [6, 6.07) is 11.7. The molecule has 112 valence electrons. The van der Waals surface area contributed by atoms with Gasteiger partial charge in [0.15, 0.2) is 9.84 Å². The lowest BCUT2D eigenvalue weighted by Crippen LogP contribution is -2.10. The minimum atomic E-state index is -3.40. The number of anilines is 1. The summed E-state index contributed by atoms with van der Waals surface area (Å²) in [5, 5.41) is 0. The molecule has 0 saturated carbocycles. The van der Waals surface area contributed by atoms with Crippen LogP contribution in [-0.2, 0) is 9.84 Å². The van der Waals surface area contributed by atoms with Crippen LogP contribution in [0.4, 0.5) is 10.1 Å². The molecule has 2 aromatic carbocycles. The Morgan fingerprint density at radius 1 is 1.00 bits per heavy atom. The first-order chi connectivity index (χ1) is 9.97. The highest BCUT2D eigenvalue weighted by Gasteiger charge is 2.13. The van der Waals surface area contributed by atoms with Crippen LogP contribution in [0.15, 0.2) is 53.4 Å². The number of hydrogen-bond donors (Lipinski definition) is 1. The first-order valence-electron chi connectivity index (χ1n) is 6.44. The van der Waals surface area contributed by atoms with Gasteiger partial charge in [-0.2, -0.15) is 0 Å². The Morgan fingerprint density at radius 2 is 1.62 bits per heavy atom. The first-order valence-corrected chi connectivity index (χ1v) is 8.09. The summed E-state index contributed by atoms with van der Waals surface area (Å²) in [6.07, 6.45) is 0.351. The fraction of sp³-hybridized carbons (Fsp3) is 0.200. The number of hydrogen-bond acceptors (Lipinski definition) is 4. The average molecular weight is 309 g/mol. The highest BCUT2D eigenvalue weighted by atomic mass is 32.2. The Bertz CT molecular complexity index is 682. The third kappa shape index (κ3) is 4.46. The molecule has 0 fully saturated rings. The normalized spacial score (nSPS) is 11.3. The molecule has 0 heterocycles. The number of sulfone groups is 1. The topological polar surface area (TPSA) is 69.4 Å². The molecule has 0 atom stereocenters. The highest BCUT2D eigenvalue weighted by Crippen LogP contribution is 2.15. The summed E-state index contributed by atoms with van der Waals surface area (Å²) in [6.45, 7) is 0.282. The minimum absolute atomic E-state index is 0.0480. The molecule has 0 aliphatic rings. The van der Waals surface area contributed by atoms with E-state index in [1.807, 2.05) is 0 Å². The number of ether oxygens (including phenoxy) is 1. The average Bonchev–Trinajstić information content (AvgIpc) is 2.46. The van der Waals surface area contributed by atoms with Gasteiger partial charge in [0, 0.05) is 5.69 Å². The lowest BCUT2D eigenvalue weighted by atomic mass is 10.3. The maximum atomic E-state index is 12.8. The van der Waals surface area contributed by atoms with Crippen LogP contribution >= 0.6 is 0 Å². The Labute approximate surface area is 123 Å². The number of rotatable bonds is 6. The van der Waals surface area contributed by atoms with E-state index < -0.39 is 15.7 Å². The molecule has 0 bridgehead atoms. The molecule has 21 heavy (non-hydrogen) atoms. The first kappa shape index (κ1) is 15.3. The summed E-state index contributed by atoms with van der Waals surface area (Å²) in [4.78, 5) is 0.122. The summed E-state index contributed by atoms with van der Waals surface area (Å²) >= 11 is 0. The van der Waals surface area contributed by atoms with Crippen LogP contribution in [0.3, 0.4) is 0 Å². The van der Waals surface area contributed by atoms with Crippen molar-refractivity contribution in [3.8, 4) is 5.75 Å². The van der Waals surface area contributed by atoms with Crippen molar-refractivity contribution in [2.24, 2.45) is 0 Å². The van der Waals surface area contributed by atoms with Gasteiger partial charge in [0.05, 0.1) is 17.3 Å². The van der Waals surface area contributed by atoms with Crippen molar-refractivity contribution in [2.75, 3.05) is 18.1 Å². The van der Waals surface area contributed by atoms with Crippen LogP contribution in [0.1, 0.15) is 6.42 Å². The fourth-order valence-corrected chi connectivity index (χ4v) is 3.05. The van der Waals surface area contributed by atoms with Crippen LogP contribution in [0.2, 0.25) is 0 Å². The monoisotopic (exact) mass is 309 g/mol. The SMILES string of the molecule is Nc1ccc(OCCCS(=O)(=O)c2ccc(F)cc2)cc1. The molecule has 0 radical (unpaired) electrons. The van der Waals surface area contributed by atoms with Gasteiger partial charge in [-0.25, -0.2) is 12.8 Å². The van der Waals surface area contributed by atoms with Gasteiger partial charge >= 0.3 is 0 Å². The minimum Gasteiger partial charge on any atom is -0.494 e. The maximum Gasteiger partial charge on any atom is 0.178 e. The fourth-order valence-electron chi connectivity index (χ4n) is 1.76. The van der Waals surface area contributed by atoms with E-state index in [1.165, 1.54) is 12.1 Å². The third-order valence-corrected chi connectivity index (χ3v) is 4.70. The lowest BCUT2D eigenvalue weighted by molar-refractivity contribution is 0.317. The van der Waals surface area contributed by atoms with Crippen LogP contribution in [0.5, 0.6) is 5.75 Å². The van der Waals surface area contributed by atoms with Crippen molar-refractivity contribution in [1.82, 2.24) is 0 Å². The van der Waals surface area contributed by atoms with Gasteiger partial charge in [0.25, 0.3) is 0 Å². The molecule has 0 spiro atoms. The number of halogens is 1. The Morgan fingerprint density at radius 3 is 2.24 bits per heavy atom. The second-order valence-electron chi connectivity index (χ2n) is 4.54. The smallest absolute Gasteiger partial charge is 0.178 e. The van der Waals surface area contributed by atoms with E-state index in [2.05, 4.69) is 0 Å². The van der Waals surface area contributed by atoms with E-state index in [9.17, 15) is 12.8 Å². The number of nitrogens with two attached hydrogens (primary N) is 1. The van der Waals surface area contributed by atoms with Gasteiger partial charge in [-0.3, -0.25) is 0 Å². The Hall–Kier alpha value is -2.08. The summed E-state index contributed by atoms with van der Waals surface area (Å²) in [5.74, 6) is 0.136. The molecule has 0 saturated heterocycles. The Kier molecular flexibility index (Phi) is 4.80. The zero-order valence-electron chi connectivity index (χ0n) is 11.3. The van der Waals surface area contributed by atoms with Gasteiger partial charge in [-0.1, -0.05) is 0 Å². The zero-order chi connectivity index (χ0) is 15.3. The quantitative estimate of drug-likeness (QED) is 0.506. The largest absolute Gasteiger partial charge is 0.494 e. The van der Waals surface area contributed by atoms with Crippen molar-refractivity contribution in [3.05, 3.63) is 54.3 Å². The number of benzene rings is 2. The zero-order valence-corrected chi connectivity index (χ0v) is 12.1. The van der Waals surface area contributed by atoms with E-state index in [4.69, 9.17) is 10.5 Å². The summed E-state index contributed by atoms with van der Waals surface area (Å²) < 4.78 is 42.2. The second-order valence-corrected chi connectivity index (χ2v) is 6.65. The number of nitrogen functional groups attached to an aromatic ring is 1. The molecule has 4 nitrogen and oxygen atoms in total. The van der Waals surface area contributed by atoms with Crippen molar-refractivity contribution < 1.29 is 17.5 Å². The molecule has 2 rings (SSSR count). The van der Waals surface area contributed by atoms with Crippen LogP contribution < -0.4 is 10.5 Å². The van der Waals surface area contributed by atoms with Gasteiger partial charge in [0.2, 0.25) is 0 Å². The predicted octanol–water partition coefficient (Wildman–Crippen LogP) is 2.65. The van der Waals surface area contributed by atoms with Gasteiger partial charge in [0.1, 0.15) is 11.6 Å². The van der Waals surface area contributed by atoms with E-state index in [1.54, 1.807) is 24.3 Å². The molecule has 0 aliphatic heterocycles. The second kappa shape index (κ2) is 6.58. The van der Waals surface area contributed by atoms with Crippen molar-refractivity contribution in [2.45, 2.75) is 11.3 Å². The van der Waals surface area contributed by atoms with Gasteiger partial charge < -0.3 is 10.5 Å². The molecule has 2 aromatic rings. The molecule has 2 N–H and O–H groups in total. The summed E-state index contributed by atoms with van der Waals surface area (Å²) in [7, 11) is -3.40. The van der Waals surface area contributed by atoms with Crippen molar-refractivity contribution in [3.63, 3.8) is 0 Å². The van der Waals surface area contributed by atoms with E-state index in [0.29, 0.717) is 17.9 Å². The van der Waals surface area contributed by atoms with Crippen LogP contribution in [-0.4, -0.2) is 20.8 Å². The molecule has 0 aliphatic carbocycles. The Balaban J connectivity index is 1.85. The predicted molar refractivity (Wildman–Crippen MR) is 79.4 cm³/mol. The summed E-state index contributed by atoms with van der Waals surface area (Å²) in [5.41, 5.74) is 6.19. The van der Waals surface area contributed by atoms with E-state index >= 15 is 0 Å². The molecular formula is C15H16FNO3S. The van der Waals surface area contributed by atoms with E-state index in [0.717, 1.165) is 12.1 Å². The highest BCUT2D eigenvalue weighted by molar-refractivity contribution is 7.91. The molecular weight excluding hydrogens is 293 g/mol. The molecule has 0 unspecified atom stereocenters. The molecule has 0 amide bonds. The van der Waals surface area contributed by atoms with Gasteiger partial charge in [-0.05, 0) is 55.0 Å². The van der Waals surface area contributed by atoms with Crippen LogP contribution in [0, 0.1) is 5.82 Å². The van der Waals surface area contributed by atoms with E-state index in [-0.39, 0.29) is 17.3 Å². The molecule has 6 heteroatoms.